The van der Waals surface area contributed by atoms with Crippen molar-refractivity contribution in [1.82, 2.24) is 5.32 Å². The minimum absolute atomic E-state index is 0. The molecule has 5 nitrogen and oxygen atoms in total. The van der Waals surface area contributed by atoms with Gasteiger partial charge in [-0.05, 0) is 31.2 Å². The molecule has 0 radical (unpaired) electrons. The normalized spacial score (nSPS) is 12.2. The standard InChI is InChI=1S/C14H23N3O2.ClH/c1-4-17(2,3)10-14(9-16-11-18)19-13-7-5-12(15)6-8-13;/h5-8,11,14H,4,9-10,15H2,1-3H3;1H. The number of nitrogens with two attached hydrogens (primary N) is 1. The topological polar surface area (TPSA) is 64.3 Å². The number of nitrogens with one attached hydrogen (secondary N) is 1. The lowest BCUT2D eigenvalue weighted by atomic mass is 10.2. The van der Waals surface area contributed by atoms with Crippen LogP contribution < -0.4 is 28.2 Å². The Balaban J connectivity index is 0.00000361. The van der Waals surface area contributed by atoms with Crippen LogP contribution in [0.4, 0.5) is 5.69 Å². The molecule has 0 spiro atoms. The summed E-state index contributed by atoms with van der Waals surface area (Å²) < 4.78 is 6.75. The van der Waals surface area contributed by atoms with Gasteiger partial charge in [0.15, 0.2) is 6.10 Å². The van der Waals surface area contributed by atoms with Crippen molar-refractivity contribution in [1.29, 1.82) is 0 Å². The Kier molecular flexibility index (Phi) is 8.03. The van der Waals surface area contributed by atoms with E-state index in [1.807, 2.05) is 12.1 Å². The van der Waals surface area contributed by atoms with Gasteiger partial charge in [0.25, 0.3) is 0 Å². The Morgan fingerprint density at radius 3 is 2.45 bits per heavy atom. The average molecular weight is 302 g/mol. The van der Waals surface area contributed by atoms with E-state index >= 15 is 0 Å². The first-order chi connectivity index (χ1) is 8.96. The van der Waals surface area contributed by atoms with E-state index < -0.39 is 0 Å². The van der Waals surface area contributed by atoms with E-state index in [0.717, 1.165) is 23.3 Å². The van der Waals surface area contributed by atoms with Gasteiger partial charge in [-0.1, -0.05) is 0 Å². The first-order valence-electron chi connectivity index (χ1n) is 6.48. The van der Waals surface area contributed by atoms with E-state index in [0.29, 0.717) is 18.6 Å². The third-order valence-electron chi connectivity index (χ3n) is 3.17. The van der Waals surface area contributed by atoms with Crippen LogP contribution in [0.1, 0.15) is 6.92 Å². The summed E-state index contributed by atoms with van der Waals surface area (Å²) in [6.07, 6.45) is 0.634. The summed E-state index contributed by atoms with van der Waals surface area (Å²) >= 11 is 0. The second kappa shape index (κ2) is 8.66. The lowest BCUT2D eigenvalue weighted by Gasteiger charge is -2.32. The van der Waals surface area contributed by atoms with Crippen LogP contribution in [0.5, 0.6) is 5.75 Å². The van der Waals surface area contributed by atoms with Crippen molar-refractivity contribution in [2.45, 2.75) is 13.0 Å². The van der Waals surface area contributed by atoms with Crippen LogP contribution >= 0.6 is 0 Å². The predicted molar refractivity (Wildman–Crippen MR) is 76.9 cm³/mol. The number of hydrogen-bond acceptors (Lipinski definition) is 3. The van der Waals surface area contributed by atoms with Crippen LogP contribution in [0.15, 0.2) is 24.3 Å². The molecule has 0 aliphatic heterocycles. The molecule has 0 saturated heterocycles. The fourth-order valence-corrected chi connectivity index (χ4v) is 1.74. The molecule has 20 heavy (non-hydrogen) atoms. The number of benzene rings is 1. The Morgan fingerprint density at radius 2 is 1.95 bits per heavy atom. The molecule has 0 heterocycles. The van der Waals surface area contributed by atoms with Gasteiger partial charge >= 0.3 is 0 Å². The molecule has 1 unspecified atom stereocenters. The molecule has 6 heteroatoms. The number of halogens is 1. The molecule has 3 N–H and O–H groups in total. The molecule has 0 aromatic heterocycles. The predicted octanol–water partition coefficient (Wildman–Crippen LogP) is -2.14. The SMILES string of the molecule is CC[N+](C)(C)CC(CNC=O)Oc1ccc(N)cc1.[Cl-]. The van der Waals surface area contributed by atoms with E-state index in [-0.39, 0.29) is 18.5 Å². The van der Waals surface area contributed by atoms with Gasteiger partial charge in [-0.25, -0.2) is 0 Å². The maximum absolute atomic E-state index is 10.5. The Hall–Kier alpha value is -1.46. The quantitative estimate of drug-likeness (QED) is 0.327. The van der Waals surface area contributed by atoms with Gasteiger partial charge in [0.05, 0.1) is 27.2 Å². The molecule has 0 bridgehead atoms. The summed E-state index contributed by atoms with van der Waals surface area (Å²) in [5.74, 6) is 0.767. The second-order valence-corrected chi connectivity index (χ2v) is 5.27. The monoisotopic (exact) mass is 301 g/mol. The molecule has 1 rings (SSSR count). The smallest absolute Gasteiger partial charge is 0.207 e. The molecule has 0 fully saturated rings. The minimum atomic E-state index is -0.0659. The maximum Gasteiger partial charge on any atom is 0.207 e. The number of quaternary nitrogens is 1. The van der Waals surface area contributed by atoms with Crippen molar-refractivity contribution < 1.29 is 26.4 Å². The van der Waals surface area contributed by atoms with E-state index in [9.17, 15) is 4.79 Å². The summed E-state index contributed by atoms with van der Waals surface area (Å²) in [6.45, 7) is 4.45. The van der Waals surface area contributed by atoms with Gasteiger partial charge in [0.2, 0.25) is 6.41 Å². The van der Waals surface area contributed by atoms with Crippen LogP contribution in [0.3, 0.4) is 0 Å². The Morgan fingerprint density at radius 1 is 1.35 bits per heavy atom. The van der Waals surface area contributed by atoms with Gasteiger partial charge in [0.1, 0.15) is 12.3 Å². The molecular formula is C14H24ClN3O2. The molecule has 1 atom stereocenters. The van der Waals surface area contributed by atoms with Gasteiger partial charge in [-0.3, -0.25) is 4.79 Å². The Labute approximate surface area is 127 Å². The number of hydrogen-bond donors (Lipinski definition) is 2. The summed E-state index contributed by atoms with van der Waals surface area (Å²) in [7, 11) is 4.28. The van der Waals surface area contributed by atoms with Crippen molar-refractivity contribution in [3.63, 3.8) is 0 Å². The van der Waals surface area contributed by atoms with Crippen molar-refractivity contribution in [3.8, 4) is 5.75 Å². The van der Waals surface area contributed by atoms with Crippen molar-refractivity contribution in [2.24, 2.45) is 0 Å². The van der Waals surface area contributed by atoms with Crippen LogP contribution in [0, 0.1) is 0 Å². The molecule has 114 valence electrons. The van der Waals surface area contributed by atoms with Gasteiger partial charge in [-0.15, -0.1) is 0 Å². The van der Waals surface area contributed by atoms with E-state index in [1.54, 1.807) is 12.1 Å². The zero-order chi connectivity index (χ0) is 14.3. The van der Waals surface area contributed by atoms with Crippen molar-refractivity contribution in [2.75, 3.05) is 39.5 Å². The third kappa shape index (κ3) is 6.63. The third-order valence-corrected chi connectivity index (χ3v) is 3.17. The highest BCUT2D eigenvalue weighted by Crippen LogP contribution is 2.15. The lowest BCUT2D eigenvalue weighted by Crippen LogP contribution is -3.00. The number of carbonyl (C=O) groups excluding carboxylic acids is 1. The van der Waals surface area contributed by atoms with E-state index in [4.69, 9.17) is 10.5 Å². The number of anilines is 1. The molecule has 1 aromatic carbocycles. The number of rotatable bonds is 8. The minimum Gasteiger partial charge on any atom is -1.00 e. The van der Waals surface area contributed by atoms with Gasteiger partial charge in [0, 0.05) is 5.69 Å². The van der Waals surface area contributed by atoms with Gasteiger partial charge in [-0.2, -0.15) is 0 Å². The van der Waals surface area contributed by atoms with Crippen molar-refractivity contribution >= 4 is 12.1 Å². The lowest BCUT2D eigenvalue weighted by molar-refractivity contribution is -0.891. The fraction of sp³-hybridized carbons (Fsp3) is 0.500. The van der Waals surface area contributed by atoms with Crippen LogP contribution in [-0.2, 0) is 4.79 Å². The molecule has 1 amide bonds. The summed E-state index contributed by atoms with van der Waals surface area (Å²) in [4.78, 5) is 10.5. The maximum atomic E-state index is 10.5. The zero-order valence-electron chi connectivity index (χ0n) is 12.3. The molecule has 1 aromatic rings. The molecule has 0 aliphatic rings. The van der Waals surface area contributed by atoms with Crippen molar-refractivity contribution in [3.05, 3.63) is 24.3 Å². The van der Waals surface area contributed by atoms with E-state index in [2.05, 4.69) is 26.3 Å². The second-order valence-electron chi connectivity index (χ2n) is 5.27. The highest BCUT2D eigenvalue weighted by atomic mass is 35.5. The van der Waals surface area contributed by atoms with E-state index in [1.165, 1.54) is 0 Å². The number of carbonyl (C=O) groups is 1. The van der Waals surface area contributed by atoms with Crippen LogP contribution in [-0.4, -0.2) is 50.7 Å². The molecule has 0 aliphatic carbocycles. The van der Waals surface area contributed by atoms with Gasteiger partial charge < -0.3 is 32.7 Å². The summed E-state index contributed by atoms with van der Waals surface area (Å²) in [5, 5.41) is 2.69. The largest absolute Gasteiger partial charge is 1.00 e. The number of ether oxygens (including phenoxy) is 1. The summed E-state index contributed by atoms with van der Waals surface area (Å²) in [5.41, 5.74) is 6.35. The number of nitrogens with zero attached hydrogens (tertiary/aromatic N) is 1. The number of nitrogen functional groups attached to an aromatic ring is 1. The number of amides is 1. The first kappa shape index (κ1) is 18.5. The highest BCUT2D eigenvalue weighted by Gasteiger charge is 2.21. The fourth-order valence-electron chi connectivity index (χ4n) is 1.74. The van der Waals surface area contributed by atoms with Crippen LogP contribution in [0.2, 0.25) is 0 Å². The Bertz CT molecular complexity index is 396. The highest BCUT2D eigenvalue weighted by molar-refractivity contribution is 5.46. The average Bonchev–Trinajstić information content (AvgIpc) is 2.38. The molecule has 0 saturated carbocycles. The first-order valence-corrected chi connectivity index (χ1v) is 6.48. The summed E-state index contributed by atoms with van der Waals surface area (Å²) in [6, 6.07) is 7.29. The number of likely N-dealkylation sites (N-methyl/N-ethyl adjacent to an activating group) is 1. The molecular weight excluding hydrogens is 278 g/mol. The zero-order valence-corrected chi connectivity index (χ0v) is 13.1. The van der Waals surface area contributed by atoms with Crippen LogP contribution in [0.25, 0.3) is 0 Å².